The third-order valence-corrected chi connectivity index (χ3v) is 4.17. The van der Waals surface area contributed by atoms with Crippen molar-refractivity contribution >= 4 is 11.3 Å². The van der Waals surface area contributed by atoms with Gasteiger partial charge in [-0.25, -0.2) is 9.37 Å². The first-order chi connectivity index (χ1) is 8.47. The Morgan fingerprint density at radius 1 is 1.33 bits per heavy atom. The molecule has 0 fully saturated rings. The average molecular weight is 264 g/mol. The molecule has 2 rings (SSSR count). The minimum Gasteiger partial charge on any atom is -0.324 e. The van der Waals surface area contributed by atoms with Crippen LogP contribution in [0.1, 0.15) is 32.7 Å². The van der Waals surface area contributed by atoms with Gasteiger partial charge in [-0.2, -0.15) is 0 Å². The van der Waals surface area contributed by atoms with Crippen LogP contribution in [0.4, 0.5) is 4.39 Å². The van der Waals surface area contributed by atoms with Gasteiger partial charge in [0.05, 0.1) is 10.7 Å². The van der Waals surface area contributed by atoms with Gasteiger partial charge in [0.1, 0.15) is 5.82 Å². The van der Waals surface area contributed by atoms with Gasteiger partial charge in [0.2, 0.25) is 0 Å². The molecule has 2 nitrogen and oxygen atoms in total. The van der Waals surface area contributed by atoms with Gasteiger partial charge in [-0.15, -0.1) is 11.3 Å². The van der Waals surface area contributed by atoms with Crippen molar-refractivity contribution in [3.63, 3.8) is 0 Å². The molecular formula is C14H17FN2S. The van der Waals surface area contributed by atoms with Crippen LogP contribution in [0.2, 0.25) is 0 Å². The molecule has 2 aromatic rings. The Labute approximate surface area is 111 Å². The first-order valence-corrected chi connectivity index (χ1v) is 6.73. The number of hydrogen-bond acceptors (Lipinski definition) is 3. The molecule has 4 heteroatoms. The SMILES string of the molecule is Cc1cc(C(N)Cc2nc(C)c(C)s2)ccc1F. The van der Waals surface area contributed by atoms with Crippen LogP contribution in [0.15, 0.2) is 18.2 Å². The Morgan fingerprint density at radius 2 is 2.06 bits per heavy atom. The van der Waals surface area contributed by atoms with Gasteiger partial charge >= 0.3 is 0 Å². The lowest BCUT2D eigenvalue weighted by Gasteiger charge is -2.11. The second-order valence-corrected chi connectivity index (χ2v) is 5.86. The van der Waals surface area contributed by atoms with Gasteiger partial charge < -0.3 is 5.73 Å². The Bertz CT molecular complexity index is 543. The topological polar surface area (TPSA) is 38.9 Å². The second-order valence-electron chi connectivity index (χ2n) is 4.57. The van der Waals surface area contributed by atoms with E-state index in [1.165, 1.54) is 10.9 Å². The monoisotopic (exact) mass is 264 g/mol. The highest BCUT2D eigenvalue weighted by Crippen LogP contribution is 2.23. The summed E-state index contributed by atoms with van der Waals surface area (Å²) >= 11 is 1.68. The summed E-state index contributed by atoms with van der Waals surface area (Å²) in [5, 5.41) is 1.04. The molecule has 1 atom stereocenters. The van der Waals surface area contributed by atoms with Gasteiger partial charge in [-0.05, 0) is 38.0 Å². The Morgan fingerprint density at radius 3 is 2.61 bits per heavy atom. The molecule has 1 unspecified atom stereocenters. The minimum atomic E-state index is -0.188. The number of aromatic nitrogens is 1. The molecule has 1 heterocycles. The summed E-state index contributed by atoms with van der Waals surface area (Å²) < 4.78 is 13.2. The Kier molecular flexibility index (Phi) is 3.78. The van der Waals surface area contributed by atoms with Gasteiger partial charge in [0, 0.05) is 17.3 Å². The zero-order valence-electron chi connectivity index (χ0n) is 10.8. The van der Waals surface area contributed by atoms with Crippen LogP contribution in [0.5, 0.6) is 0 Å². The number of aryl methyl sites for hydroxylation is 3. The van der Waals surface area contributed by atoms with Gasteiger partial charge in [-0.3, -0.25) is 0 Å². The lowest BCUT2D eigenvalue weighted by molar-refractivity contribution is 0.614. The predicted molar refractivity (Wildman–Crippen MR) is 73.4 cm³/mol. The van der Waals surface area contributed by atoms with Crippen molar-refractivity contribution in [2.75, 3.05) is 0 Å². The van der Waals surface area contributed by atoms with E-state index in [4.69, 9.17) is 5.73 Å². The molecule has 0 spiro atoms. The molecule has 18 heavy (non-hydrogen) atoms. The molecular weight excluding hydrogens is 247 g/mol. The van der Waals surface area contributed by atoms with E-state index in [0.717, 1.165) is 16.3 Å². The standard InChI is InChI=1S/C14H17FN2S/c1-8-6-11(4-5-12(8)15)13(16)7-14-17-9(2)10(3)18-14/h4-6,13H,7,16H2,1-3H3. The molecule has 0 aliphatic rings. The first-order valence-electron chi connectivity index (χ1n) is 5.92. The van der Waals surface area contributed by atoms with Crippen molar-refractivity contribution in [3.05, 3.63) is 50.7 Å². The van der Waals surface area contributed by atoms with E-state index in [0.29, 0.717) is 12.0 Å². The molecule has 2 N–H and O–H groups in total. The number of hydrogen-bond donors (Lipinski definition) is 1. The molecule has 0 amide bonds. The maximum Gasteiger partial charge on any atom is 0.126 e. The Balaban J connectivity index is 2.16. The minimum absolute atomic E-state index is 0.130. The smallest absolute Gasteiger partial charge is 0.126 e. The molecule has 1 aromatic carbocycles. The summed E-state index contributed by atoms with van der Waals surface area (Å²) in [6, 6.07) is 4.91. The number of halogens is 1. The molecule has 0 saturated carbocycles. The first kappa shape index (κ1) is 13.2. The van der Waals surface area contributed by atoms with Crippen LogP contribution < -0.4 is 5.73 Å². The van der Waals surface area contributed by atoms with Gasteiger partial charge in [0.25, 0.3) is 0 Å². The molecule has 0 saturated heterocycles. The average Bonchev–Trinajstić information content (AvgIpc) is 2.61. The number of thiazole rings is 1. The number of nitrogens with zero attached hydrogens (tertiary/aromatic N) is 1. The van der Waals surface area contributed by atoms with E-state index >= 15 is 0 Å². The summed E-state index contributed by atoms with van der Waals surface area (Å²) in [5.41, 5.74) is 8.81. The van der Waals surface area contributed by atoms with Crippen LogP contribution in [0.25, 0.3) is 0 Å². The molecule has 0 radical (unpaired) electrons. The van der Waals surface area contributed by atoms with Crippen molar-refractivity contribution in [2.24, 2.45) is 5.73 Å². The van der Waals surface area contributed by atoms with E-state index < -0.39 is 0 Å². The van der Waals surface area contributed by atoms with Crippen molar-refractivity contribution in [3.8, 4) is 0 Å². The zero-order chi connectivity index (χ0) is 13.3. The third-order valence-electron chi connectivity index (χ3n) is 3.08. The summed E-state index contributed by atoms with van der Waals surface area (Å²) in [5.74, 6) is -0.188. The van der Waals surface area contributed by atoms with E-state index in [9.17, 15) is 4.39 Å². The van der Waals surface area contributed by atoms with Crippen LogP contribution >= 0.6 is 11.3 Å². The predicted octanol–water partition coefficient (Wildman–Crippen LogP) is 3.45. The largest absolute Gasteiger partial charge is 0.324 e. The fourth-order valence-corrected chi connectivity index (χ4v) is 2.82. The van der Waals surface area contributed by atoms with Crippen LogP contribution in [-0.4, -0.2) is 4.98 Å². The molecule has 0 aliphatic carbocycles. The molecule has 0 bridgehead atoms. The summed E-state index contributed by atoms with van der Waals surface area (Å²) in [4.78, 5) is 5.71. The van der Waals surface area contributed by atoms with Crippen molar-refractivity contribution in [1.29, 1.82) is 0 Å². The fourth-order valence-electron chi connectivity index (χ4n) is 1.83. The van der Waals surface area contributed by atoms with E-state index in [1.54, 1.807) is 24.3 Å². The van der Waals surface area contributed by atoms with Crippen molar-refractivity contribution < 1.29 is 4.39 Å². The Hall–Kier alpha value is -1.26. The highest BCUT2D eigenvalue weighted by Gasteiger charge is 2.12. The van der Waals surface area contributed by atoms with E-state index in [-0.39, 0.29) is 11.9 Å². The van der Waals surface area contributed by atoms with Crippen LogP contribution in [0.3, 0.4) is 0 Å². The van der Waals surface area contributed by atoms with Crippen molar-refractivity contribution in [2.45, 2.75) is 33.2 Å². The number of rotatable bonds is 3. The number of benzene rings is 1. The lowest BCUT2D eigenvalue weighted by atomic mass is 10.0. The maximum atomic E-state index is 13.2. The summed E-state index contributed by atoms with van der Waals surface area (Å²) in [6.45, 7) is 5.82. The molecule has 0 aliphatic heterocycles. The lowest BCUT2D eigenvalue weighted by Crippen LogP contribution is -2.13. The van der Waals surface area contributed by atoms with Crippen LogP contribution in [0, 0.1) is 26.6 Å². The van der Waals surface area contributed by atoms with Crippen molar-refractivity contribution in [1.82, 2.24) is 4.98 Å². The zero-order valence-corrected chi connectivity index (χ0v) is 11.6. The van der Waals surface area contributed by atoms with E-state index in [2.05, 4.69) is 11.9 Å². The maximum absolute atomic E-state index is 13.2. The highest BCUT2D eigenvalue weighted by molar-refractivity contribution is 7.11. The quantitative estimate of drug-likeness (QED) is 0.922. The third kappa shape index (κ3) is 2.76. The number of nitrogens with two attached hydrogens (primary N) is 1. The van der Waals surface area contributed by atoms with E-state index in [1.807, 2.05) is 13.0 Å². The second kappa shape index (κ2) is 5.16. The van der Waals surface area contributed by atoms with Crippen LogP contribution in [-0.2, 0) is 6.42 Å². The van der Waals surface area contributed by atoms with Gasteiger partial charge in [0.15, 0.2) is 0 Å². The molecule has 96 valence electrons. The highest BCUT2D eigenvalue weighted by atomic mass is 32.1. The normalized spacial score (nSPS) is 12.7. The summed E-state index contributed by atoms with van der Waals surface area (Å²) in [7, 11) is 0. The van der Waals surface area contributed by atoms with Gasteiger partial charge in [-0.1, -0.05) is 12.1 Å². The molecule has 1 aromatic heterocycles. The summed E-state index contributed by atoms with van der Waals surface area (Å²) in [6.07, 6.45) is 0.699. The fraction of sp³-hybridized carbons (Fsp3) is 0.357.